The van der Waals surface area contributed by atoms with E-state index in [1.165, 1.54) is 18.2 Å². The maximum Gasteiger partial charge on any atom is 0.406 e. The van der Waals surface area contributed by atoms with Gasteiger partial charge in [0.2, 0.25) is 0 Å². The van der Waals surface area contributed by atoms with Crippen molar-refractivity contribution >= 4 is 17.6 Å². The molecule has 1 amide bonds. The van der Waals surface area contributed by atoms with Crippen LogP contribution >= 0.6 is 0 Å². The van der Waals surface area contributed by atoms with Gasteiger partial charge < -0.3 is 14.7 Å². The van der Waals surface area contributed by atoms with E-state index in [1.54, 1.807) is 0 Å². The Morgan fingerprint density at radius 1 is 1.40 bits per heavy atom. The number of amides is 1. The Balaban J connectivity index is 2.02. The topological polar surface area (TPSA) is 110 Å². The number of likely N-dealkylation sites (tertiary alicyclic amines) is 1. The molecule has 1 saturated heterocycles. The molecule has 1 unspecified atom stereocenters. The number of hydrogen-bond donors (Lipinski definition) is 1. The predicted molar refractivity (Wildman–Crippen MR) is 75.9 cm³/mol. The van der Waals surface area contributed by atoms with Gasteiger partial charge in [-0.3, -0.25) is 19.7 Å². The van der Waals surface area contributed by atoms with Gasteiger partial charge in [-0.05, 0) is 12.5 Å². The lowest BCUT2D eigenvalue weighted by Gasteiger charge is -2.27. The summed E-state index contributed by atoms with van der Waals surface area (Å²) in [5.41, 5.74) is -3.26. The van der Waals surface area contributed by atoms with Crippen LogP contribution in [0.2, 0.25) is 0 Å². The average Bonchev–Trinajstić information content (AvgIpc) is 2.99. The first-order chi connectivity index (χ1) is 11.6. The van der Waals surface area contributed by atoms with Crippen LogP contribution in [0.5, 0.6) is 5.75 Å². The number of nitro benzene ring substituents is 1. The number of aliphatic carboxylic acids is 1. The van der Waals surface area contributed by atoms with Crippen molar-refractivity contribution in [1.29, 1.82) is 0 Å². The highest BCUT2D eigenvalue weighted by Crippen LogP contribution is 2.45. The number of hydrogen-bond acceptors (Lipinski definition) is 5. The van der Waals surface area contributed by atoms with Gasteiger partial charge in [-0.2, -0.15) is 13.2 Å². The fourth-order valence-electron chi connectivity index (χ4n) is 2.47. The average molecular weight is 362 g/mol. The Morgan fingerprint density at radius 3 is 2.60 bits per heavy atom. The summed E-state index contributed by atoms with van der Waals surface area (Å²) in [5, 5.41) is 19.6. The zero-order chi connectivity index (χ0) is 18.8. The molecule has 0 aliphatic carbocycles. The molecular formula is C14H13F3N2O6. The number of carboxylic acids is 1. The van der Waals surface area contributed by atoms with Crippen LogP contribution in [-0.4, -0.2) is 52.7 Å². The quantitative estimate of drug-likeness (QED) is 0.632. The van der Waals surface area contributed by atoms with Gasteiger partial charge >= 0.3 is 12.1 Å². The molecule has 0 aromatic heterocycles. The number of carbonyl (C=O) groups is 2. The van der Waals surface area contributed by atoms with E-state index in [-0.39, 0.29) is 18.0 Å². The van der Waals surface area contributed by atoms with Crippen LogP contribution in [0.1, 0.15) is 6.42 Å². The highest BCUT2D eigenvalue weighted by molar-refractivity contribution is 5.82. The third-order valence-corrected chi connectivity index (χ3v) is 3.96. The first kappa shape index (κ1) is 18.5. The minimum Gasteiger partial charge on any atom is -0.484 e. The van der Waals surface area contributed by atoms with Crippen LogP contribution in [-0.2, 0) is 9.59 Å². The Bertz CT molecular complexity index is 708. The normalized spacial score (nSPS) is 20.4. The molecule has 1 fully saturated rings. The maximum absolute atomic E-state index is 13.1. The summed E-state index contributed by atoms with van der Waals surface area (Å²) in [6, 6.07) is 4.95. The molecule has 1 aliphatic heterocycles. The third kappa shape index (κ3) is 3.64. The van der Waals surface area contributed by atoms with Gasteiger partial charge in [-0.25, -0.2) is 0 Å². The van der Waals surface area contributed by atoms with Crippen LogP contribution in [0, 0.1) is 15.5 Å². The van der Waals surface area contributed by atoms with Gasteiger partial charge in [-0.15, -0.1) is 0 Å². The first-order valence-corrected chi connectivity index (χ1v) is 7.02. The SMILES string of the molecule is O=C(COc1cccc([N+](=O)[O-])c1)N1CCC(C(=O)O)(C(F)(F)F)C1. The monoisotopic (exact) mass is 362 g/mol. The largest absolute Gasteiger partial charge is 0.484 e. The minimum absolute atomic E-state index is 0.00191. The second kappa shape index (κ2) is 6.57. The summed E-state index contributed by atoms with van der Waals surface area (Å²) in [4.78, 5) is 33.8. The molecule has 0 saturated carbocycles. The van der Waals surface area contributed by atoms with Crippen LogP contribution < -0.4 is 4.74 Å². The fourth-order valence-corrected chi connectivity index (χ4v) is 2.47. The summed E-state index contributed by atoms with van der Waals surface area (Å²) in [7, 11) is 0. The van der Waals surface area contributed by atoms with E-state index in [0.29, 0.717) is 0 Å². The van der Waals surface area contributed by atoms with Crippen LogP contribution in [0.15, 0.2) is 24.3 Å². The summed E-state index contributed by atoms with van der Waals surface area (Å²) in [5.74, 6) is -2.86. The predicted octanol–water partition coefficient (Wildman–Crippen LogP) is 1.84. The van der Waals surface area contributed by atoms with E-state index in [2.05, 4.69) is 0 Å². The van der Waals surface area contributed by atoms with Crippen molar-refractivity contribution in [3.05, 3.63) is 34.4 Å². The third-order valence-electron chi connectivity index (χ3n) is 3.96. The molecule has 8 nitrogen and oxygen atoms in total. The lowest BCUT2D eigenvalue weighted by atomic mass is 9.86. The second-order valence-corrected chi connectivity index (χ2v) is 5.49. The minimum atomic E-state index is -4.99. The molecule has 136 valence electrons. The molecule has 1 aromatic rings. The standard InChI is InChI=1S/C14H13F3N2O6/c15-14(16,17)13(12(21)22)4-5-18(8-13)11(20)7-25-10-3-1-2-9(6-10)19(23)24/h1-3,6H,4-5,7-8H2,(H,21,22). The maximum atomic E-state index is 13.1. The zero-order valence-electron chi connectivity index (χ0n) is 12.7. The molecule has 0 bridgehead atoms. The highest BCUT2D eigenvalue weighted by Gasteiger charge is 2.64. The number of benzene rings is 1. The van der Waals surface area contributed by atoms with Crippen molar-refractivity contribution in [2.24, 2.45) is 5.41 Å². The lowest BCUT2D eigenvalue weighted by molar-refractivity contribution is -0.384. The van der Waals surface area contributed by atoms with E-state index in [9.17, 15) is 32.9 Å². The first-order valence-electron chi connectivity index (χ1n) is 7.02. The molecule has 1 aromatic carbocycles. The number of carboxylic acid groups (broad SMARTS) is 1. The molecular weight excluding hydrogens is 349 g/mol. The van der Waals surface area contributed by atoms with E-state index in [0.717, 1.165) is 11.0 Å². The summed E-state index contributed by atoms with van der Waals surface area (Å²) < 4.78 is 44.2. The molecule has 11 heteroatoms. The number of carbonyl (C=O) groups excluding carboxylic acids is 1. The number of non-ortho nitro benzene ring substituents is 1. The molecule has 1 aliphatic rings. The van der Waals surface area contributed by atoms with Gasteiger partial charge in [0.1, 0.15) is 5.75 Å². The van der Waals surface area contributed by atoms with Gasteiger partial charge in [0.25, 0.3) is 11.6 Å². The number of rotatable bonds is 5. The van der Waals surface area contributed by atoms with Crippen LogP contribution in [0.25, 0.3) is 0 Å². The van der Waals surface area contributed by atoms with Gasteiger partial charge in [0.05, 0.1) is 11.0 Å². The Labute approximate surface area is 138 Å². The van der Waals surface area contributed by atoms with E-state index in [4.69, 9.17) is 9.84 Å². The van der Waals surface area contributed by atoms with Crippen molar-refractivity contribution in [2.45, 2.75) is 12.6 Å². The Kier molecular flexibility index (Phi) is 4.86. The summed E-state index contributed by atoms with van der Waals surface area (Å²) in [6.45, 7) is -2.03. The second-order valence-electron chi connectivity index (χ2n) is 5.49. The fraction of sp³-hybridized carbons (Fsp3) is 0.429. The number of nitrogens with zero attached hydrogens (tertiary/aromatic N) is 2. The molecule has 1 heterocycles. The van der Waals surface area contributed by atoms with Crippen LogP contribution in [0.3, 0.4) is 0 Å². The van der Waals surface area contributed by atoms with Gasteiger partial charge in [0.15, 0.2) is 12.0 Å². The number of alkyl halides is 3. The number of nitro groups is 1. The molecule has 1 N–H and O–H groups in total. The summed E-state index contributed by atoms with van der Waals surface area (Å²) >= 11 is 0. The molecule has 0 spiro atoms. The Hall–Kier alpha value is -2.85. The molecule has 25 heavy (non-hydrogen) atoms. The van der Waals surface area contributed by atoms with E-state index >= 15 is 0 Å². The molecule has 1 atom stereocenters. The number of ether oxygens (including phenoxy) is 1. The van der Waals surface area contributed by atoms with E-state index in [1.807, 2.05) is 0 Å². The number of halogens is 3. The summed E-state index contributed by atoms with van der Waals surface area (Å²) in [6.07, 6.45) is -5.73. The highest BCUT2D eigenvalue weighted by atomic mass is 19.4. The Morgan fingerprint density at radius 2 is 2.08 bits per heavy atom. The van der Waals surface area contributed by atoms with Gasteiger partial charge in [0, 0.05) is 19.2 Å². The zero-order valence-corrected chi connectivity index (χ0v) is 12.7. The van der Waals surface area contributed by atoms with Crippen molar-refractivity contribution in [2.75, 3.05) is 19.7 Å². The van der Waals surface area contributed by atoms with Crippen molar-refractivity contribution in [1.82, 2.24) is 4.90 Å². The van der Waals surface area contributed by atoms with Crippen molar-refractivity contribution in [3.8, 4) is 5.75 Å². The molecule has 0 radical (unpaired) electrons. The van der Waals surface area contributed by atoms with Gasteiger partial charge in [-0.1, -0.05) is 6.07 Å². The van der Waals surface area contributed by atoms with Crippen molar-refractivity contribution in [3.63, 3.8) is 0 Å². The molecule has 2 rings (SSSR count). The lowest BCUT2D eigenvalue weighted by Crippen LogP contribution is -2.48. The van der Waals surface area contributed by atoms with Crippen molar-refractivity contribution < 1.29 is 37.5 Å². The smallest absolute Gasteiger partial charge is 0.406 e. The van der Waals surface area contributed by atoms with Crippen LogP contribution in [0.4, 0.5) is 18.9 Å². The van der Waals surface area contributed by atoms with E-state index < -0.39 is 48.0 Å².